The topological polar surface area (TPSA) is 85.7 Å². The number of nitrogens with zero attached hydrogens (tertiary/aromatic N) is 2. The van der Waals surface area contributed by atoms with E-state index < -0.39 is 4.92 Å². The molecule has 0 aromatic carbocycles. The Bertz CT molecular complexity index is 547. The molecular formula is C9H6N2O4S2. The van der Waals surface area contributed by atoms with Gasteiger partial charge in [0.25, 0.3) is 5.91 Å². The summed E-state index contributed by atoms with van der Waals surface area (Å²) in [4.78, 5) is 25.4. The van der Waals surface area contributed by atoms with Crippen molar-refractivity contribution in [3.8, 4) is 0 Å². The van der Waals surface area contributed by atoms with Gasteiger partial charge in [0, 0.05) is 6.08 Å². The minimum atomic E-state index is -0.630. The third kappa shape index (κ3) is 2.59. The van der Waals surface area contributed by atoms with Crippen LogP contribution < -0.4 is 0 Å². The van der Waals surface area contributed by atoms with Crippen LogP contribution in [0.4, 0.5) is 5.88 Å². The van der Waals surface area contributed by atoms with Crippen molar-refractivity contribution in [1.29, 1.82) is 0 Å². The first-order valence-electron chi connectivity index (χ1n) is 4.41. The van der Waals surface area contributed by atoms with E-state index in [1.165, 1.54) is 41.7 Å². The quantitative estimate of drug-likeness (QED) is 0.466. The Labute approximate surface area is 104 Å². The molecule has 0 atom stereocenters. The number of thioether (sulfide) groups is 2. The molecule has 2 heterocycles. The summed E-state index contributed by atoms with van der Waals surface area (Å²) < 4.78 is 5.58. The summed E-state index contributed by atoms with van der Waals surface area (Å²) in [6, 6.07) is 2.68. The Morgan fingerprint density at radius 3 is 2.88 bits per heavy atom. The minimum Gasteiger partial charge on any atom is -0.401 e. The number of carbonyl (C=O) groups is 1. The summed E-state index contributed by atoms with van der Waals surface area (Å²) in [7, 11) is 0. The van der Waals surface area contributed by atoms with Crippen molar-refractivity contribution in [3.05, 3.63) is 32.9 Å². The van der Waals surface area contributed by atoms with Crippen LogP contribution in [-0.2, 0) is 4.79 Å². The fourth-order valence-corrected chi connectivity index (χ4v) is 2.53. The molecule has 1 aromatic rings. The summed E-state index contributed by atoms with van der Waals surface area (Å²) in [6.45, 7) is 0. The van der Waals surface area contributed by atoms with Crippen LogP contribution in [0.25, 0.3) is 6.08 Å². The second-order valence-electron chi connectivity index (χ2n) is 2.93. The first kappa shape index (κ1) is 11.9. The third-order valence-electron chi connectivity index (χ3n) is 1.84. The van der Waals surface area contributed by atoms with Gasteiger partial charge in [-0.2, -0.15) is 4.99 Å². The number of hydrogen-bond donors (Lipinski definition) is 0. The van der Waals surface area contributed by atoms with Gasteiger partial charge in [0.1, 0.15) is 15.1 Å². The van der Waals surface area contributed by atoms with Crippen LogP contribution in [0.3, 0.4) is 0 Å². The maximum absolute atomic E-state index is 11.4. The first-order valence-corrected chi connectivity index (χ1v) is 6.45. The maximum Gasteiger partial charge on any atom is 0.433 e. The van der Waals surface area contributed by atoms with Crippen molar-refractivity contribution in [2.45, 2.75) is 0 Å². The molecule has 1 amide bonds. The zero-order chi connectivity index (χ0) is 12.4. The maximum atomic E-state index is 11.4. The minimum absolute atomic E-state index is 0.269. The third-order valence-corrected chi connectivity index (χ3v) is 3.81. The summed E-state index contributed by atoms with van der Waals surface area (Å²) in [5, 5.41) is 10.4. The zero-order valence-corrected chi connectivity index (χ0v) is 10.2. The molecule has 0 aliphatic carbocycles. The smallest absolute Gasteiger partial charge is 0.401 e. The van der Waals surface area contributed by atoms with Crippen molar-refractivity contribution in [2.24, 2.45) is 4.99 Å². The van der Waals surface area contributed by atoms with Gasteiger partial charge in [-0.1, -0.05) is 11.8 Å². The number of hydrogen-bond acceptors (Lipinski definition) is 6. The fraction of sp³-hybridized carbons (Fsp3) is 0.111. The highest BCUT2D eigenvalue weighted by molar-refractivity contribution is 8.40. The van der Waals surface area contributed by atoms with Crippen molar-refractivity contribution < 1.29 is 14.1 Å². The summed E-state index contributed by atoms with van der Waals surface area (Å²) in [5.74, 6) is -0.429. The van der Waals surface area contributed by atoms with Gasteiger partial charge in [0.15, 0.2) is 0 Å². The lowest BCUT2D eigenvalue weighted by Gasteiger charge is -1.91. The molecule has 88 valence electrons. The number of furan rings is 1. The summed E-state index contributed by atoms with van der Waals surface area (Å²) >= 11 is 2.60. The van der Waals surface area contributed by atoms with E-state index >= 15 is 0 Å². The second kappa shape index (κ2) is 4.76. The standard InChI is InChI=1S/C9H6N2O4S2/c1-16-9-10-8(12)6(17-9)4-5-2-3-7(15-5)11(13)14/h2-4H,1H3/b6-4-. The van der Waals surface area contributed by atoms with Crippen LogP contribution in [0.2, 0.25) is 0 Å². The van der Waals surface area contributed by atoms with Crippen LogP contribution in [-0.4, -0.2) is 21.5 Å². The number of nitro groups is 1. The highest BCUT2D eigenvalue weighted by atomic mass is 32.2. The van der Waals surface area contributed by atoms with Gasteiger partial charge >= 0.3 is 5.88 Å². The first-order chi connectivity index (χ1) is 8.10. The van der Waals surface area contributed by atoms with E-state index in [0.29, 0.717) is 9.28 Å². The SMILES string of the molecule is CSC1=NC(=O)/C(=C/c2ccc([N+](=O)[O-])o2)S1. The average Bonchev–Trinajstić information content (AvgIpc) is 2.87. The van der Waals surface area contributed by atoms with E-state index in [-0.39, 0.29) is 17.6 Å². The lowest BCUT2D eigenvalue weighted by Crippen LogP contribution is -1.87. The lowest BCUT2D eigenvalue weighted by molar-refractivity contribution is -0.402. The van der Waals surface area contributed by atoms with Crippen LogP contribution in [0.5, 0.6) is 0 Å². The van der Waals surface area contributed by atoms with Crippen LogP contribution in [0, 0.1) is 10.1 Å². The van der Waals surface area contributed by atoms with Gasteiger partial charge in [0.05, 0.1) is 11.0 Å². The highest BCUT2D eigenvalue weighted by Crippen LogP contribution is 2.33. The molecule has 0 spiro atoms. The molecule has 1 aliphatic rings. The van der Waals surface area contributed by atoms with Crippen molar-refractivity contribution in [3.63, 3.8) is 0 Å². The normalized spacial score (nSPS) is 17.6. The number of carbonyl (C=O) groups excluding carboxylic acids is 1. The predicted octanol–water partition coefficient (Wildman–Crippen LogP) is 2.52. The lowest BCUT2D eigenvalue weighted by atomic mass is 10.4. The molecule has 0 saturated carbocycles. The van der Waals surface area contributed by atoms with Crippen LogP contribution in [0.1, 0.15) is 5.76 Å². The Hall–Kier alpha value is -1.54. The highest BCUT2D eigenvalue weighted by Gasteiger charge is 2.22. The van der Waals surface area contributed by atoms with E-state index in [4.69, 9.17) is 4.42 Å². The molecule has 0 bridgehead atoms. The number of amides is 1. The van der Waals surface area contributed by atoms with Gasteiger partial charge in [0.2, 0.25) is 0 Å². The molecule has 6 nitrogen and oxygen atoms in total. The Morgan fingerprint density at radius 2 is 2.35 bits per heavy atom. The van der Waals surface area contributed by atoms with Gasteiger partial charge in [-0.15, -0.1) is 11.8 Å². The molecule has 0 saturated heterocycles. The largest absolute Gasteiger partial charge is 0.433 e. The molecule has 1 aliphatic heterocycles. The molecule has 0 radical (unpaired) electrons. The van der Waals surface area contributed by atoms with Crippen molar-refractivity contribution >= 4 is 45.8 Å². The number of aliphatic imine (C=N–C) groups is 1. The second-order valence-corrected chi connectivity index (χ2v) is 5.01. The van der Waals surface area contributed by atoms with E-state index in [2.05, 4.69) is 4.99 Å². The van der Waals surface area contributed by atoms with Crippen LogP contribution in [0.15, 0.2) is 26.4 Å². The van der Waals surface area contributed by atoms with Crippen molar-refractivity contribution in [2.75, 3.05) is 6.26 Å². The Balaban J connectivity index is 2.20. The van der Waals surface area contributed by atoms with Crippen LogP contribution >= 0.6 is 23.5 Å². The molecule has 0 fully saturated rings. The molecular weight excluding hydrogens is 264 g/mol. The zero-order valence-electron chi connectivity index (χ0n) is 8.58. The van der Waals surface area contributed by atoms with E-state index in [0.717, 1.165) is 0 Å². The molecule has 1 aromatic heterocycles. The van der Waals surface area contributed by atoms with E-state index in [1.807, 2.05) is 6.26 Å². The van der Waals surface area contributed by atoms with Gasteiger partial charge < -0.3 is 4.42 Å². The summed E-state index contributed by atoms with van der Waals surface area (Å²) in [5.41, 5.74) is 0. The Morgan fingerprint density at radius 1 is 1.59 bits per heavy atom. The monoisotopic (exact) mass is 270 g/mol. The van der Waals surface area contributed by atoms with E-state index in [9.17, 15) is 14.9 Å². The van der Waals surface area contributed by atoms with Gasteiger partial charge in [-0.05, 0) is 12.3 Å². The average molecular weight is 270 g/mol. The fourth-order valence-electron chi connectivity index (χ4n) is 1.12. The van der Waals surface area contributed by atoms with Gasteiger partial charge in [-0.3, -0.25) is 14.9 Å². The molecule has 17 heavy (non-hydrogen) atoms. The predicted molar refractivity (Wildman–Crippen MR) is 66.9 cm³/mol. The number of rotatable bonds is 2. The molecule has 0 N–H and O–H groups in total. The molecule has 8 heteroatoms. The van der Waals surface area contributed by atoms with Gasteiger partial charge in [-0.25, -0.2) is 0 Å². The molecule has 2 rings (SSSR count). The van der Waals surface area contributed by atoms with E-state index in [1.54, 1.807) is 0 Å². The van der Waals surface area contributed by atoms with Crippen molar-refractivity contribution in [1.82, 2.24) is 0 Å². The molecule has 0 unspecified atom stereocenters. The summed E-state index contributed by atoms with van der Waals surface area (Å²) in [6.07, 6.45) is 3.27. The Kier molecular flexibility index (Phi) is 3.34.